The number of piperidine rings is 1. The van der Waals surface area contributed by atoms with E-state index in [1.165, 1.54) is 25.7 Å². The molecule has 0 unspecified atom stereocenters. The molecule has 3 heteroatoms. The molecule has 88 valence electrons. The summed E-state index contributed by atoms with van der Waals surface area (Å²) in [7, 11) is 0. The van der Waals surface area contributed by atoms with E-state index in [2.05, 4.69) is 21.8 Å². The lowest BCUT2D eigenvalue weighted by atomic mass is 10.0. The Morgan fingerprint density at radius 2 is 1.94 bits per heavy atom. The normalized spacial score (nSPS) is 21.2. The fourth-order valence-electron chi connectivity index (χ4n) is 2.52. The van der Waals surface area contributed by atoms with Crippen molar-refractivity contribution in [3.05, 3.63) is 17.5 Å². The third-order valence-corrected chi connectivity index (χ3v) is 3.33. The minimum atomic E-state index is 0.634. The standard InChI is InChI=1S/C13H21N3/c1-4-12-7-5-6-8-16(12)13-14-10(2)9-11(3)15-13/h9,12H,4-8H2,1-3H3/t12-/m0/s1. The van der Waals surface area contributed by atoms with Gasteiger partial charge in [0.25, 0.3) is 0 Å². The number of aromatic nitrogens is 2. The van der Waals surface area contributed by atoms with Crippen LogP contribution < -0.4 is 4.90 Å². The molecule has 16 heavy (non-hydrogen) atoms. The molecule has 0 N–H and O–H groups in total. The molecule has 1 aliphatic heterocycles. The molecule has 0 aliphatic carbocycles. The van der Waals surface area contributed by atoms with Gasteiger partial charge in [0.05, 0.1) is 0 Å². The van der Waals surface area contributed by atoms with Gasteiger partial charge in [-0.25, -0.2) is 9.97 Å². The lowest BCUT2D eigenvalue weighted by Gasteiger charge is -2.35. The Hall–Kier alpha value is -1.12. The van der Waals surface area contributed by atoms with Crippen molar-refractivity contribution in [2.75, 3.05) is 11.4 Å². The Balaban J connectivity index is 2.26. The van der Waals surface area contributed by atoms with E-state index in [1.807, 2.05) is 19.9 Å². The molecule has 2 rings (SSSR count). The second-order valence-corrected chi connectivity index (χ2v) is 4.70. The quantitative estimate of drug-likeness (QED) is 0.766. The van der Waals surface area contributed by atoms with Crippen LogP contribution in [0.4, 0.5) is 5.95 Å². The van der Waals surface area contributed by atoms with Crippen molar-refractivity contribution >= 4 is 5.95 Å². The lowest BCUT2D eigenvalue weighted by molar-refractivity contribution is 0.442. The van der Waals surface area contributed by atoms with Gasteiger partial charge in [-0.1, -0.05) is 6.92 Å². The van der Waals surface area contributed by atoms with Gasteiger partial charge in [0.2, 0.25) is 5.95 Å². The van der Waals surface area contributed by atoms with E-state index in [0.717, 1.165) is 23.9 Å². The van der Waals surface area contributed by atoms with Gasteiger partial charge in [0, 0.05) is 24.0 Å². The highest BCUT2D eigenvalue weighted by Crippen LogP contribution is 2.23. The number of nitrogens with zero attached hydrogens (tertiary/aromatic N) is 3. The topological polar surface area (TPSA) is 29.0 Å². The molecule has 1 aliphatic rings. The molecule has 1 aromatic rings. The number of hydrogen-bond donors (Lipinski definition) is 0. The van der Waals surface area contributed by atoms with Crippen LogP contribution in [-0.2, 0) is 0 Å². The molecular weight excluding hydrogens is 198 g/mol. The number of rotatable bonds is 2. The van der Waals surface area contributed by atoms with E-state index >= 15 is 0 Å². The summed E-state index contributed by atoms with van der Waals surface area (Å²) >= 11 is 0. The molecule has 1 fully saturated rings. The molecule has 0 saturated carbocycles. The summed E-state index contributed by atoms with van der Waals surface area (Å²) in [5.41, 5.74) is 2.14. The minimum Gasteiger partial charge on any atom is -0.338 e. The van der Waals surface area contributed by atoms with Gasteiger partial charge >= 0.3 is 0 Å². The Kier molecular flexibility index (Phi) is 3.42. The second kappa shape index (κ2) is 4.81. The first-order valence-electron chi connectivity index (χ1n) is 6.29. The summed E-state index contributed by atoms with van der Waals surface area (Å²) in [5, 5.41) is 0. The molecule has 2 heterocycles. The zero-order valence-electron chi connectivity index (χ0n) is 10.5. The smallest absolute Gasteiger partial charge is 0.226 e. The van der Waals surface area contributed by atoms with Crippen molar-refractivity contribution in [2.24, 2.45) is 0 Å². The van der Waals surface area contributed by atoms with Crippen LogP contribution >= 0.6 is 0 Å². The van der Waals surface area contributed by atoms with Gasteiger partial charge < -0.3 is 4.90 Å². The van der Waals surface area contributed by atoms with E-state index in [9.17, 15) is 0 Å². The van der Waals surface area contributed by atoms with Crippen LogP contribution in [0.5, 0.6) is 0 Å². The SMILES string of the molecule is CC[C@H]1CCCCN1c1nc(C)cc(C)n1. The zero-order valence-corrected chi connectivity index (χ0v) is 10.5. The Morgan fingerprint density at radius 1 is 1.25 bits per heavy atom. The fourth-order valence-corrected chi connectivity index (χ4v) is 2.52. The van der Waals surface area contributed by atoms with Crippen molar-refractivity contribution in [3.63, 3.8) is 0 Å². The Morgan fingerprint density at radius 3 is 2.56 bits per heavy atom. The maximum Gasteiger partial charge on any atom is 0.226 e. The maximum absolute atomic E-state index is 4.57. The van der Waals surface area contributed by atoms with Crippen molar-refractivity contribution in [1.29, 1.82) is 0 Å². The van der Waals surface area contributed by atoms with Crippen LogP contribution in [0.3, 0.4) is 0 Å². The van der Waals surface area contributed by atoms with Gasteiger partial charge in [0.15, 0.2) is 0 Å². The van der Waals surface area contributed by atoms with Crippen molar-refractivity contribution in [2.45, 2.75) is 52.5 Å². The third-order valence-electron chi connectivity index (χ3n) is 3.33. The van der Waals surface area contributed by atoms with Crippen molar-refractivity contribution in [3.8, 4) is 0 Å². The first-order chi connectivity index (χ1) is 7.70. The van der Waals surface area contributed by atoms with Crippen LogP contribution in [0.1, 0.15) is 44.0 Å². The first-order valence-corrected chi connectivity index (χ1v) is 6.29. The summed E-state index contributed by atoms with van der Waals surface area (Å²) in [6.45, 7) is 7.46. The summed E-state index contributed by atoms with van der Waals surface area (Å²) in [6.07, 6.45) is 5.09. The van der Waals surface area contributed by atoms with Gasteiger partial charge in [-0.2, -0.15) is 0 Å². The van der Waals surface area contributed by atoms with Crippen LogP contribution in [0, 0.1) is 13.8 Å². The van der Waals surface area contributed by atoms with Crippen LogP contribution in [-0.4, -0.2) is 22.6 Å². The van der Waals surface area contributed by atoms with E-state index in [4.69, 9.17) is 0 Å². The van der Waals surface area contributed by atoms with E-state index in [1.54, 1.807) is 0 Å². The van der Waals surface area contributed by atoms with Gasteiger partial charge in [0.1, 0.15) is 0 Å². The maximum atomic E-state index is 4.57. The lowest BCUT2D eigenvalue weighted by Crippen LogP contribution is -2.40. The largest absolute Gasteiger partial charge is 0.338 e. The number of hydrogen-bond acceptors (Lipinski definition) is 3. The Bertz CT molecular complexity index is 342. The summed E-state index contributed by atoms with van der Waals surface area (Å²) < 4.78 is 0. The average molecular weight is 219 g/mol. The molecule has 3 nitrogen and oxygen atoms in total. The van der Waals surface area contributed by atoms with Crippen molar-refractivity contribution in [1.82, 2.24) is 9.97 Å². The summed E-state index contributed by atoms with van der Waals surface area (Å²) in [6, 6.07) is 2.67. The minimum absolute atomic E-state index is 0.634. The predicted octanol–water partition coefficient (Wildman–Crippen LogP) is 2.86. The molecule has 0 bridgehead atoms. The van der Waals surface area contributed by atoms with Crippen LogP contribution in [0.15, 0.2) is 6.07 Å². The number of aryl methyl sites for hydroxylation is 2. The second-order valence-electron chi connectivity index (χ2n) is 4.70. The molecule has 0 radical (unpaired) electrons. The highest BCUT2D eigenvalue weighted by molar-refractivity contribution is 5.34. The Labute approximate surface area is 97.9 Å². The van der Waals surface area contributed by atoms with Crippen LogP contribution in [0.2, 0.25) is 0 Å². The molecule has 1 saturated heterocycles. The highest BCUT2D eigenvalue weighted by Gasteiger charge is 2.23. The van der Waals surface area contributed by atoms with Crippen molar-refractivity contribution < 1.29 is 0 Å². The molecule has 0 aromatic carbocycles. The molecule has 0 spiro atoms. The third kappa shape index (κ3) is 2.34. The zero-order chi connectivity index (χ0) is 11.5. The van der Waals surface area contributed by atoms with Gasteiger partial charge in [-0.3, -0.25) is 0 Å². The number of anilines is 1. The van der Waals surface area contributed by atoms with E-state index in [0.29, 0.717) is 6.04 Å². The average Bonchev–Trinajstić information content (AvgIpc) is 2.27. The van der Waals surface area contributed by atoms with E-state index < -0.39 is 0 Å². The van der Waals surface area contributed by atoms with E-state index in [-0.39, 0.29) is 0 Å². The molecular formula is C13H21N3. The summed E-state index contributed by atoms with van der Waals surface area (Å²) in [4.78, 5) is 11.5. The fraction of sp³-hybridized carbons (Fsp3) is 0.692. The van der Waals surface area contributed by atoms with Gasteiger partial charge in [-0.15, -0.1) is 0 Å². The van der Waals surface area contributed by atoms with Gasteiger partial charge in [-0.05, 0) is 45.6 Å². The highest BCUT2D eigenvalue weighted by atomic mass is 15.3. The summed E-state index contributed by atoms with van der Waals surface area (Å²) in [5.74, 6) is 0.934. The first kappa shape index (κ1) is 11.4. The molecule has 0 amide bonds. The molecule has 1 aromatic heterocycles. The van der Waals surface area contributed by atoms with Crippen LogP contribution in [0.25, 0.3) is 0 Å². The molecule has 1 atom stereocenters. The monoisotopic (exact) mass is 219 g/mol. The predicted molar refractivity (Wildman–Crippen MR) is 66.8 cm³/mol.